The SMILES string of the molecule is Cc1cc(N2CCN(C[C@H]3CN(c4ccc(C#N)c5ncccc45)C[C@@H](C)O3)CC2)nc(N2CC[C@@H](F)[C@@H](N)C2)n1. The van der Waals surface area contributed by atoms with Gasteiger partial charge in [0.2, 0.25) is 5.95 Å². The van der Waals surface area contributed by atoms with Crippen molar-refractivity contribution in [3.05, 3.63) is 47.8 Å². The molecule has 0 unspecified atom stereocenters. The molecule has 6 rings (SSSR count). The monoisotopic (exact) mass is 559 g/mol. The number of aromatic nitrogens is 3. The van der Waals surface area contributed by atoms with Crippen molar-refractivity contribution in [1.82, 2.24) is 19.9 Å². The van der Waals surface area contributed by atoms with E-state index < -0.39 is 12.2 Å². The van der Waals surface area contributed by atoms with E-state index in [1.54, 1.807) is 6.20 Å². The number of aryl methyl sites for hydroxylation is 1. The largest absolute Gasteiger partial charge is 0.370 e. The summed E-state index contributed by atoms with van der Waals surface area (Å²) in [6.07, 6.45) is 1.35. The predicted octanol–water partition coefficient (Wildman–Crippen LogP) is 2.50. The second-order valence-electron chi connectivity index (χ2n) is 11.5. The van der Waals surface area contributed by atoms with E-state index in [2.05, 4.69) is 37.7 Å². The smallest absolute Gasteiger partial charge is 0.227 e. The lowest BCUT2D eigenvalue weighted by atomic mass is 10.1. The minimum atomic E-state index is -0.965. The average molecular weight is 560 g/mol. The Morgan fingerprint density at radius 1 is 1.05 bits per heavy atom. The molecule has 0 radical (unpaired) electrons. The molecule has 3 saturated heterocycles. The number of nitriles is 1. The fraction of sp³-hybridized carbons (Fsp3) is 0.533. The molecule has 0 spiro atoms. The van der Waals surface area contributed by atoms with Crippen molar-refractivity contribution < 1.29 is 9.13 Å². The highest BCUT2D eigenvalue weighted by Crippen LogP contribution is 2.30. The minimum Gasteiger partial charge on any atom is -0.370 e. The van der Waals surface area contributed by atoms with Gasteiger partial charge in [-0.2, -0.15) is 10.2 Å². The van der Waals surface area contributed by atoms with Gasteiger partial charge >= 0.3 is 0 Å². The van der Waals surface area contributed by atoms with Crippen LogP contribution in [0.2, 0.25) is 0 Å². The van der Waals surface area contributed by atoms with Crippen molar-refractivity contribution in [2.24, 2.45) is 5.73 Å². The molecule has 11 heteroatoms. The van der Waals surface area contributed by atoms with Crippen molar-refractivity contribution in [3.63, 3.8) is 0 Å². The number of ether oxygens (including phenoxy) is 1. The summed E-state index contributed by atoms with van der Waals surface area (Å²) in [4.78, 5) is 23.1. The van der Waals surface area contributed by atoms with Crippen molar-refractivity contribution in [1.29, 1.82) is 5.26 Å². The molecule has 10 nitrogen and oxygen atoms in total. The molecular weight excluding hydrogens is 521 g/mol. The Hall–Kier alpha value is -3.59. The number of fused-ring (bicyclic) bond motifs is 1. The number of hydrogen-bond donors (Lipinski definition) is 1. The van der Waals surface area contributed by atoms with Crippen molar-refractivity contribution in [2.75, 3.05) is 73.6 Å². The van der Waals surface area contributed by atoms with Gasteiger partial charge in [-0.05, 0) is 44.5 Å². The van der Waals surface area contributed by atoms with Crippen molar-refractivity contribution >= 4 is 28.4 Å². The number of alkyl halides is 1. The molecule has 41 heavy (non-hydrogen) atoms. The Balaban J connectivity index is 1.09. The molecule has 0 saturated carbocycles. The van der Waals surface area contributed by atoms with E-state index in [0.717, 1.165) is 73.9 Å². The van der Waals surface area contributed by atoms with Crippen LogP contribution in [0, 0.1) is 18.3 Å². The van der Waals surface area contributed by atoms with E-state index in [1.165, 1.54) is 0 Å². The third-order valence-electron chi connectivity index (χ3n) is 8.37. The number of hydrogen-bond acceptors (Lipinski definition) is 10. The Kier molecular flexibility index (Phi) is 7.88. The van der Waals surface area contributed by atoms with Crippen molar-refractivity contribution in [3.8, 4) is 6.07 Å². The summed E-state index contributed by atoms with van der Waals surface area (Å²) in [6.45, 7) is 11.1. The summed E-state index contributed by atoms with van der Waals surface area (Å²) < 4.78 is 20.3. The maximum absolute atomic E-state index is 13.9. The number of nitrogens with zero attached hydrogens (tertiary/aromatic N) is 8. The number of nitrogens with two attached hydrogens (primary N) is 1. The second kappa shape index (κ2) is 11.7. The number of piperidine rings is 1. The molecule has 4 atom stereocenters. The minimum absolute atomic E-state index is 0.0724. The van der Waals surface area contributed by atoms with Crippen LogP contribution in [-0.2, 0) is 4.74 Å². The first-order chi connectivity index (χ1) is 19.9. The number of rotatable bonds is 5. The zero-order valence-electron chi connectivity index (χ0n) is 23.8. The number of pyridine rings is 1. The second-order valence-corrected chi connectivity index (χ2v) is 11.5. The summed E-state index contributed by atoms with van der Waals surface area (Å²) in [6, 6.07) is 11.7. The Morgan fingerprint density at radius 2 is 1.88 bits per heavy atom. The number of morpholine rings is 1. The molecule has 0 bridgehead atoms. The van der Waals surface area contributed by atoms with Crippen LogP contribution in [0.5, 0.6) is 0 Å². The van der Waals surface area contributed by atoms with E-state index >= 15 is 0 Å². The van der Waals surface area contributed by atoms with Gasteiger partial charge in [0, 0.05) is 87.9 Å². The van der Waals surface area contributed by atoms with Crippen LogP contribution < -0.4 is 20.4 Å². The molecule has 1 aromatic carbocycles. The van der Waals surface area contributed by atoms with E-state index in [1.807, 2.05) is 42.2 Å². The quantitative estimate of drug-likeness (QED) is 0.501. The molecule has 0 amide bonds. The zero-order chi connectivity index (χ0) is 28.5. The van der Waals surface area contributed by atoms with Gasteiger partial charge in [0.1, 0.15) is 18.1 Å². The number of anilines is 3. The molecule has 3 aliphatic heterocycles. The molecule has 2 aromatic heterocycles. The number of benzene rings is 1. The van der Waals surface area contributed by atoms with Gasteiger partial charge < -0.3 is 25.2 Å². The zero-order valence-corrected chi connectivity index (χ0v) is 23.8. The van der Waals surface area contributed by atoms with Gasteiger partial charge in [-0.15, -0.1) is 0 Å². The van der Waals surface area contributed by atoms with Crippen LogP contribution in [0.15, 0.2) is 36.5 Å². The first kappa shape index (κ1) is 27.6. The maximum atomic E-state index is 13.9. The van der Waals surface area contributed by atoms with Crippen molar-refractivity contribution in [2.45, 2.75) is 44.7 Å². The number of piperazine rings is 1. The lowest BCUT2D eigenvalue weighted by Gasteiger charge is -2.42. The number of halogens is 1. The summed E-state index contributed by atoms with van der Waals surface area (Å²) in [5, 5.41) is 10.5. The van der Waals surface area contributed by atoms with E-state index in [4.69, 9.17) is 15.5 Å². The summed E-state index contributed by atoms with van der Waals surface area (Å²) in [5.74, 6) is 1.55. The van der Waals surface area contributed by atoms with Crippen LogP contribution in [0.1, 0.15) is 24.6 Å². The first-order valence-electron chi connectivity index (χ1n) is 14.5. The van der Waals surface area contributed by atoms with E-state index in [9.17, 15) is 9.65 Å². The molecule has 3 fully saturated rings. The third kappa shape index (κ3) is 5.91. The molecule has 5 heterocycles. The highest BCUT2D eigenvalue weighted by molar-refractivity contribution is 5.95. The summed E-state index contributed by atoms with van der Waals surface area (Å²) in [7, 11) is 0. The standard InChI is InChI=1S/C30H38FN9O/c1-20-14-28(36-30(35-20)39-9-7-25(31)26(33)19-39)38-12-10-37(11-13-38)17-23-18-40(16-21(2)41-23)27-6-5-22(15-32)29-24(27)4-3-8-34-29/h3-6,8,14,21,23,25-26H,7,9-13,16-19,33H2,1-2H3/t21-,23+,25-,26+/m1/s1. The molecule has 3 aliphatic rings. The van der Waals surface area contributed by atoms with E-state index in [0.29, 0.717) is 31.0 Å². The first-order valence-corrected chi connectivity index (χ1v) is 14.5. The molecule has 216 valence electrons. The maximum Gasteiger partial charge on any atom is 0.227 e. The molecule has 0 aliphatic carbocycles. The highest BCUT2D eigenvalue weighted by atomic mass is 19.1. The fourth-order valence-electron chi connectivity index (χ4n) is 6.29. The molecule has 3 aromatic rings. The normalized spacial score (nSPS) is 25.9. The van der Waals surface area contributed by atoms with Crippen LogP contribution in [-0.4, -0.2) is 103 Å². The van der Waals surface area contributed by atoms with E-state index in [-0.39, 0.29) is 12.2 Å². The van der Waals surface area contributed by atoms with Crippen LogP contribution in [0.3, 0.4) is 0 Å². The third-order valence-corrected chi connectivity index (χ3v) is 8.37. The highest BCUT2D eigenvalue weighted by Gasteiger charge is 2.31. The van der Waals surface area contributed by atoms with Crippen LogP contribution in [0.25, 0.3) is 10.9 Å². The fourth-order valence-corrected chi connectivity index (χ4v) is 6.29. The van der Waals surface area contributed by atoms with Gasteiger partial charge in [-0.3, -0.25) is 9.88 Å². The van der Waals surface area contributed by atoms with Crippen LogP contribution in [0.4, 0.5) is 21.8 Å². The lowest BCUT2D eigenvalue weighted by Crippen LogP contribution is -2.54. The predicted molar refractivity (Wildman–Crippen MR) is 158 cm³/mol. The van der Waals surface area contributed by atoms with Gasteiger partial charge in [0.05, 0.1) is 29.3 Å². The van der Waals surface area contributed by atoms with Gasteiger partial charge in [0.25, 0.3) is 0 Å². The lowest BCUT2D eigenvalue weighted by molar-refractivity contribution is -0.0327. The summed E-state index contributed by atoms with van der Waals surface area (Å²) >= 11 is 0. The molecule has 2 N–H and O–H groups in total. The summed E-state index contributed by atoms with van der Waals surface area (Å²) in [5.41, 5.74) is 9.33. The van der Waals surface area contributed by atoms with Gasteiger partial charge in [-0.25, -0.2) is 9.37 Å². The van der Waals surface area contributed by atoms with Crippen LogP contribution >= 0.6 is 0 Å². The molecular formula is C30H38FN9O. The van der Waals surface area contributed by atoms with Gasteiger partial charge in [0.15, 0.2) is 0 Å². The topological polar surface area (TPSA) is 111 Å². The Morgan fingerprint density at radius 3 is 2.66 bits per heavy atom. The Labute approximate surface area is 240 Å². The Bertz CT molecular complexity index is 1420. The average Bonchev–Trinajstić information content (AvgIpc) is 2.97. The van der Waals surface area contributed by atoms with Gasteiger partial charge in [-0.1, -0.05) is 0 Å².